The van der Waals surface area contributed by atoms with Crippen LogP contribution in [-0.4, -0.2) is 31.0 Å². The van der Waals surface area contributed by atoms with Gasteiger partial charge in [0, 0.05) is 18.7 Å². The molecule has 0 spiro atoms. The van der Waals surface area contributed by atoms with Gasteiger partial charge in [-0.05, 0) is 11.8 Å². The molecule has 0 radical (unpaired) electrons. The lowest BCUT2D eigenvalue weighted by Crippen LogP contribution is -2.25. The first-order valence-electron chi connectivity index (χ1n) is 6.96. The Morgan fingerprint density at radius 3 is 2.45 bits per heavy atom. The first-order chi connectivity index (χ1) is 9.35. The van der Waals surface area contributed by atoms with Gasteiger partial charge in [0.15, 0.2) is 11.5 Å². The number of aliphatic hydroxyl groups is 1. The lowest BCUT2D eigenvalue weighted by atomic mass is 9.89. The van der Waals surface area contributed by atoms with Gasteiger partial charge >= 0.3 is 0 Å². The van der Waals surface area contributed by atoms with E-state index < -0.39 is 6.10 Å². The van der Waals surface area contributed by atoms with E-state index in [0.29, 0.717) is 36.9 Å². The fourth-order valence-electron chi connectivity index (χ4n) is 2.26. The van der Waals surface area contributed by atoms with Crippen LogP contribution in [0.4, 0.5) is 11.4 Å². The van der Waals surface area contributed by atoms with Gasteiger partial charge in [-0.15, -0.1) is 0 Å². The summed E-state index contributed by atoms with van der Waals surface area (Å²) >= 11 is 0. The molecule has 5 nitrogen and oxygen atoms in total. The zero-order chi connectivity index (χ0) is 14.8. The molecule has 1 aliphatic rings. The number of nitrogens with two attached hydrogens (primary N) is 1. The molecule has 20 heavy (non-hydrogen) atoms. The predicted molar refractivity (Wildman–Crippen MR) is 80.4 cm³/mol. The Balaban J connectivity index is 1.99. The van der Waals surface area contributed by atoms with E-state index in [1.165, 1.54) is 0 Å². The van der Waals surface area contributed by atoms with Gasteiger partial charge in [-0.3, -0.25) is 0 Å². The molecule has 1 atom stereocenters. The van der Waals surface area contributed by atoms with Crippen LogP contribution in [0.2, 0.25) is 0 Å². The number of aliphatic hydroxyl groups excluding tert-OH is 1. The maximum atomic E-state index is 10.0. The van der Waals surface area contributed by atoms with Gasteiger partial charge in [0.1, 0.15) is 13.2 Å². The smallest absolute Gasteiger partial charge is 0.163 e. The highest BCUT2D eigenvalue weighted by atomic mass is 16.6. The average Bonchev–Trinajstić information content (AvgIpc) is 2.34. The first-order valence-corrected chi connectivity index (χ1v) is 6.96. The van der Waals surface area contributed by atoms with Gasteiger partial charge in [-0.2, -0.15) is 0 Å². The monoisotopic (exact) mass is 280 g/mol. The Morgan fingerprint density at radius 2 is 1.85 bits per heavy atom. The zero-order valence-corrected chi connectivity index (χ0v) is 12.4. The third kappa shape index (κ3) is 3.93. The standard InChI is InChI=1S/C15H24N2O3/c1-15(2,3)8-10(18)9-17-12-7-14-13(6-11(12)16)19-4-5-20-14/h6-7,10,17-18H,4-5,8-9,16H2,1-3H3. The van der Waals surface area contributed by atoms with Crippen LogP contribution in [0, 0.1) is 5.41 Å². The molecule has 2 rings (SSSR count). The van der Waals surface area contributed by atoms with E-state index in [-0.39, 0.29) is 5.41 Å². The van der Waals surface area contributed by atoms with Gasteiger partial charge < -0.3 is 25.6 Å². The van der Waals surface area contributed by atoms with Crippen LogP contribution >= 0.6 is 0 Å². The summed E-state index contributed by atoms with van der Waals surface area (Å²) in [5, 5.41) is 13.2. The van der Waals surface area contributed by atoms with Crippen molar-refractivity contribution in [1.82, 2.24) is 0 Å². The minimum absolute atomic E-state index is 0.0967. The van der Waals surface area contributed by atoms with Gasteiger partial charge in [-0.25, -0.2) is 0 Å². The van der Waals surface area contributed by atoms with Crippen molar-refractivity contribution in [2.75, 3.05) is 30.8 Å². The predicted octanol–water partition coefficient (Wildman–Crippen LogP) is 2.25. The number of anilines is 2. The molecule has 0 fully saturated rings. The highest BCUT2D eigenvalue weighted by Gasteiger charge is 2.18. The molecule has 0 amide bonds. The third-order valence-electron chi connectivity index (χ3n) is 3.09. The van der Waals surface area contributed by atoms with Crippen molar-refractivity contribution < 1.29 is 14.6 Å². The Morgan fingerprint density at radius 1 is 1.25 bits per heavy atom. The number of ether oxygens (including phenoxy) is 2. The lowest BCUT2D eigenvalue weighted by molar-refractivity contribution is 0.132. The quantitative estimate of drug-likeness (QED) is 0.737. The van der Waals surface area contributed by atoms with Crippen molar-refractivity contribution in [1.29, 1.82) is 0 Å². The summed E-state index contributed by atoms with van der Waals surface area (Å²) in [7, 11) is 0. The average molecular weight is 280 g/mol. The van der Waals surface area contributed by atoms with Crippen LogP contribution in [0.3, 0.4) is 0 Å². The number of nitrogen functional groups attached to an aromatic ring is 1. The molecule has 1 aromatic carbocycles. The Bertz CT molecular complexity index is 469. The molecule has 1 aromatic rings. The minimum Gasteiger partial charge on any atom is -0.486 e. The summed E-state index contributed by atoms with van der Waals surface area (Å²) in [5.74, 6) is 1.37. The van der Waals surface area contributed by atoms with E-state index >= 15 is 0 Å². The molecule has 112 valence electrons. The Hall–Kier alpha value is -1.62. The van der Waals surface area contributed by atoms with Crippen LogP contribution in [-0.2, 0) is 0 Å². The van der Waals surface area contributed by atoms with Crippen LogP contribution in [0.25, 0.3) is 0 Å². The molecule has 0 bridgehead atoms. The summed E-state index contributed by atoms with van der Waals surface area (Å²) < 4.78 is 11.0. The molecule has 1 aliphatic heterocycles. The van der Waals surface area contributed by atoms with Gasteiger partial charge in [-0.1, -0.05) is 20.8 Å². The van der Waals surface area contributed by atoms with Crippen LogP contribution in [0.1, 0.15) is 27.2 Å². The molecular weight excluding hydrogens is 256 g/mol. The molecule has 4 N–H and O–H groups in total. The minimum atomic E-state index is -0.414. The van der Waals surface area contributed by atoms with Crippen molar-refractivity contribution in [3.63, 3.8) is 0 Å². The van der Waals surface area contributed by atoms with Crippen molar-refractivity contribution in [3.8, 4) is 11.5 Å². The highest BCUT2D eigenvalue weighted by Crippen LogP contribution is 2.37. The number of hydrogen-bond donors (Lipinski definition) is 3. The lowest BCUT2D eigenvalue weighted by Gasteiger charge is -2.24. The van der Waals surface area contributed by atoms with Gasteiger partial charge in [0.05, 0.1) is 17.5 Å². The number of fused-ring (bicyclic) bond motifs is 1. The van der Waals surface area contributed by atoms with E-state index in [1.807, 2.05) is 6.07 Å². The van der Waals surface area contributed by atoms with E-state index in [1.54, 1.807) is 6.07 Å². The molecular formula is C15H24N2O3. The largest absolute Gasteiger partial charge is 0.486 e. The summed E-state index contributed by atoms with van der Waals surface area (Å²) in [5.41, 5.74) is 7.44. The van der Waals surface area contributed by atoms with Gasteiger partial charge in [0.25, 0.3) is 0 Å². The molecule has 1 unspecified atom stereocenters. The number of rotatable bonds is 4. The van der Waals surface area contributed by atoms with Gasteiger partial charge in [0.2, 0.25) is 0 Å². The molecule has 5 heteroatoms. The fourth-order valence-corrected chi connectivity index (χ4v) is 2.26. The molecule has 0 saturated carbocycles. The van der Waals surface area contributed by atoms with Crippen molar-refractivity contribution in [2.45, 2.75) is 33.3 Å². The van der Waals surface area contributed by atoms with Crippen LogP contribution in [0.15, 0.2) is 12.1 Å². The number of hydrogen-bond acceptors (Lipinski definition) is 5. The normalized spacial score (nSPS) is 15.8. The van der Waals surface area contributed by atoms with E-state index in [0.717, 1.165) is 12.1 Å². The van der Waals surface area contributed by atoms with E-state index in [2.05, 4.69) is 26.1 Å². The molecule has 0 saturated heterocycles. The van der Waals surface area contributed by atoms with Crippen molar-refractivity contribution >= 4 is 11.4 Å². The maximum Gasteiger partial charge on any atom is 0.163 e. The molecule has 0 aliphatic carbocycles. The summed E-state index contributed by atoms with van der Waals surface area (Å²) in [6.07, 6.45) is 0.312. The summed E-state index contributed by atoms with van der Waals surface area (Å²) in [6, 6.07) is 3.58. The molecule has 0 aromatic heterocycles. The molecule has 1 heterocycles. The third-order valence-corrected chi connectivity index (χ3v) is 3.09. The Kier molecular flexibility index (Phi) is 4.28. The van der Waals surface area contributed by atoms with Crippen molar-refractivity contribution in [2.24, 2.45) is 5.41 Å². The van der Waals surface area contributed by atoms with Crippen LogP contribution < -0.4 is 20.5 Å². The van der Waals surface area contributed by atoms with Crippen LogP contribution in [0.5, 0.6) is 11.5 Å². The Labute approximate surface area is 120 Å². The fraction of sp³-hybridized carbons (Fsp3) is 0.600. The number of benzene rings is 1. The van der Waals surface area contributed by atoms with Crippen molar-refractivity contribution in [3.05, 3.63) is 12.1 Å². The SMILES string of the molecule is CC(C)(C)CC(O)CNc1cc2c(cc1N)OCCO2. The second-order valence-corrected chi connectivity index (χ2v) is 6.38. The summed E-state index contributed by atoms with van der Waals surface area (Å²) in [4.78, 5) is 0. The topological polar surface area (TPSA) is 76.7 Å². The second kappa shape index (κ2) is 5.79. The van der Waals surface area contributed by atoms with E-state index in [4.69, 9.17) is 15.2 Å². The summed E-state index contributed by atoms with van der Waals surface area (Å²) in [6.45, 7) is 7.87. The number of nitrogens with one attached hydrogen (secondary N) is 1. The first kappa shape index (κ1) is 14.8. The van der Waals surface area contributed by atoms with E-state index in [9.17, 15) is 5.11 Å². The second-order valence-electron chi connectivity index (χ2n) is 6.38. The maximum absolute atomic E-state index is 10.0. The zero-order valence-electron chi connectivity index (χ0n) is 12.4. The highest BCUT2D eigenvalue weighted by molar-refractivity contribution is 5.72.